The van der Waals surface area contributed by atoms with Gasteiger partial charge in [0, 0.05) is 11.3 Å². The highest BCUT2D eigenvalue weighted by Crippen LogP contribution is 2.30. The van der Waals surface area contributed by atoms with Gasteiger partial charge >= 0.3 is 0 Å². The molecule has 0 heterocycles. The summed E-state index contributed by atoms with van der Waals surface area (Å²) in [5.41, 5.74) is 6.14. The van der Waals surface area contributed by atoms with Crippen LogP contribution in [-0.4, -0.2) is 7.11 Å². The number of anilines is 1. The molecule has 2 nitrogen and oxygen atoms in total. The summed E-state index contributed by atoms with van der Waals surface area (Å²) >= 11 is 0. The van der Waals surface area contributed by atoms with E-state index in [-0.39, 0.29) is 6.04 Å². The van der Waals surface area contributed by atoms with Gasteiger partial charge in [-0.15, -0.1) is 0 Å². The molecule has 2 rings (SSSR count). The van der Waals surface area contributed by atoms with Crippen LogP contribution in [0.25, 0.3) is 0 Å². The van der Waals surface area contributed by atoms with Crippen molar-refractivity contribution in [3.63, 3.8) is 0 Å². The summed E-state index contributed by atoms with van der Waals surface area (Å²) in [6.07, 6.45) is 0. The van der Waals surface area contributed by atoms with Gasteiger partial charge in [-0.2, -0.15) is 0 Å². The monoisotopic (exact) mass is 269 g/mol. The number of benzene rings is 2. The van der Waals surface area contributed by atoms with Crippen molar-refractivity contribution in [2.45, 2.75) is 33.7 Å². The van der Waals surface area contributed by atoms with Gasteiger partial charge in [-0.3, -0.25) is 0 Å². The van der Waals surface area contributed by atoms with Crippen molar-refractivity contribution < 1.29 is 4.74 Å². The highest BCUT2D eigenvalue weighted by atomic mass is 16.5. The molecule has 2 heteroatoms. The lowest BCUT2D eigenvalue weighted by molar-refractivity contribution is 0.408. The molecular weight excluding hydrogens is 246 g/mol. The Kier molecular flexibility index (Phi) is 4.33. The van der Waals surface area contributed by atoms with Gasteiger partial charge in [-0.1, -0.05) is 29.8 Å². The highest BCUT2D eigenvalue weighted by molar-refractivity contribution is 5.55. The average Bonchev–Trinajstić information content (AvgIpc) is 2.42. The van der Waals surface area contributed by atoms with E-state index in [1.807, 2.05) is 6.07 Å². The van der Waals surface area contributed by atoms with Gasteiger partial charge in [0.2, 0.25) is 0 Å². The molecule has 2 aromatic carbocycles. The van der Waals surface area contributed by atoms with E-state index in [1.165, 1.54) is 27.9 Å². The quantitative estimate of drug-likeness (QED) is 0.861. The zero-order chi connectivity index (χ0) is 14.7. The highest BCUT2D eigenvalue weighted by Gasteiger charge is 2.12. The van der Waals surface area contributed by atoms with Crippen LogP contribution in [0.15, 0.2) is 36.4 Å². The fourth-order valence-corrected chi connectivity index (χ4v) is 2.39. The van der Waals surface area contributed by atoms with Crippen LogP contribution in [-0.2, 0) is 0 Å². The van der Waals surface area contributed by atoms with Crippen molar-refractivity contribution in [2.75, 3.05) is 12.4 Å². The second-order valence-corrected chi connectivity index (χ2v) is 5.43. The van der Waals surface area contributed by atoms with E-state index in [4.69, 9.17) is 4.74 Å². The van der Waals surface area contributed by atoms with Gasteiger partial charge in [0.1, 0.15) is 5.75 Å². The molecule has 20 heavy (non-hydrogen) atoms. The third kappa shape index (κ3) is 3.13. The molecule has 0 amide bonds. The molecule has 0 radical (unpaired) electrons. The van der Waals surface area contributed by atoms with Crippen molar-refractivity contribution in [1.82, 2.24) is 0 Å². The van der Waals surface area contributed by atoms with Crippen LogP contribution >= 0.6 is 0 Å². The Morgan fingerprint density at radius 1 is 0.950 bits per heavy atom. The molecular formula is C18H23NO. The van der Waals surface area contributed by atoms with E-state index in [0.29, 0.717) is 0 Å². The number of aryl methyl sites for hydroxylation is 3. The summed E-state index contributed by atoms with van der Waals surface area (Å²) in [6.45, 7) is 8.51. The first-order valence-electron chi connectivity index (χ1n) is 6.99. The Labute approximate surface area is 121 Å². The summed E-state index contributed by atoms with van der Waals surface area (Å²) in [7, 11) is 1.72. The Morgan fingerprint density at radius 2 is 1.60 bits per heavy atom. The summed E-state index contributed by atoms with van der Waals surface area (Å²) < 4.78 is 5.47. The maximum atomic E-state index is 5.47. The zero-order valence-corrected chi connectivity index (χ0v) is 12.9. The number of methoxy groups -OCH3 is 1. The van der Waals surface area contributed by atoms with Crippen LogP contribution in [0.5, 0.6) is 5.75 Å². The molecule has 1 atom stereocenters. The lowest BCUT2D eigenvalue weighted by atomic mass is 10.0. The molecule has 0 aliphatic carbocycles. The molecule has 0 spiro atoms. The molecule has 0 fully saturated rings. The standard InChI is InChI=1S/C18H23NO/c1-12-7-9-18(20-5)16(10-12)15(4)19-17-11-13(2)6-8-14(17)3/h6-11,15,19H,1-5H3. The Balaban J connectivity index is 2.30. The first-order chi connectivity index (χ1) is 9.51. The van der Waals surface area contributed by atoms with Crippen LogP contribution in [0.3, 0.4) is 0 Å². The summed E-state index contributed by atoms with van der Waals surface area (Å²) in [4.78, 5) is 0. The normalized spacial score (nSPS) is 12.1. The lowest BCUT2D eigenvalue weighted by Crippen LogP contribution is -2.09. The van der Waals surface area contributed by atoms with Crippen LogP contribution in [0.1, 0.15) is 35.2 Å². The van der Waals surface area contributed by atoms with Crippen molar-refractivity contribution in [2.24, 2.45) is 0 Å². The Hall–Kier alpha value is -1.96. The number of rotatable bonds is 4. The predicted octanol–water partition coefficient (Wildman–Crippen LogP) is 4.79. The lowest BCUT2D eigenvalue weighted by Gasteiger charge is -2.20. The number of nitrogens with one attached hydrogen (secondary N) is 1. The summed E-state index contributed by atoms with van der Waals surface area (Å²) in [6, 6.07) is 13.0. The minimum absolute atomic E-state index is 0.199. The molecule has 0 aromatic heterocycles. The zero-order valence-electron chi connectivity index (χ0n) is 12.9. The molecule has 106 valence electrons. The third-order valence-corrected chi connectivity index (χ3v) is 3.62. The summed E-state index contributed by atoms with van der Waals surface area (Å²) in [5.74, 6) is 0.931. The van der Waals surface area contributed by atoms with Crippen LogP contribution < -0.4 is 10.1 Å². The third-order valence-electron chi connectivity index (χ3n) is 3.62. The van der Waals surface area contributed by atoms with Crippen molar-refractivity contribution >= 4 is 5.69 Å². The Morgan fingerprint density at radius 3 is 2.30 bits per heavy atom. The molecule has 0 aliphatic heterocycles. The number of hydrogen-bond acceptors (Lipinski definition) is 2. The fraction of sp³-hybridized carbons (Fsp3) is 0.333. The van der Waals surface area contributed by atoms with Gasteiger partial charge in [-0.25, -0.2) is 0 Å². The van der Waals surface area contributed by atoms with E-state index in [0.717, 1.165) is 5.75 Å². The van der Waals surface area contributed by atoms with Crippen molar-refractivity contribution in [3.05, 3.63) is 58.7 Å². The van der Waals surface area contributed by atoms with E-state index in [2.05, 4.69) is 63.3 Å². The number of hydrogen-bond donors (Lipinski definition) is 1. The SMILES string of the molecule is COc1ccc(C)cc1C(C)Nc1cc(C)ccc1C. The van der Waals surface area contributed by atoms with E-state index in [1.54, 1.807) is 7.11 Å². The van der Waals surface area contributed by atoms with Crippen molar-refractivity contribution in [1.29, 1.82) is 0 Å². The van der Waals surface area contributed by atoms with Crippen LogP contribution in [0.4, 0.5) is 5.69 Å². The smallest absolute Gasteiger partial charge is 0.124 e. The molecule has 0 aliphatic rings. The molecule has 1 unspecified atom stereocenters. The second kappa shape index (κ2) is 6.00. The average molecular weight is 269 g/mol. The first-order valence-corrected chi connectivity index (χ1v) is 6.99. The number of ether oxygens (including phenoxy) is 1. The fourth-order valence-electron chi connectivity index (χ4n) is 2.39. The van der Waals surface area contributed by atoms with Crippen LogP contribution in [0, 0.1) is 20.8 Å². The first kappa shape index (κ1) is 14.4. The predicted molar refractivity (Wildman–Crippen MR) is 85.7 cm³/mol. The van der Waals surface area contributed by atoms with Gasteiger partial charge in [0.25, 0.3) is 0 Å². The maximum absolute atomic E-state index is 5.47. The maximum Gasteiger partial charge on any atom is 0.124 e. The van der Waals surface area contributed by atoms with Gasteiger partial charge in [0.15, 0.2) is 0 Å². The molecule has 1 N–H and O–H groups in total. The van der Waals surface area contributed by atoms with Crippen molar-refractivity contribution in [3.8, 4) is 5.75 Å². The molecule has 0 saturated heterocycles. The topological polar surface area (TPSA) is 21.3 Å². The van der Waals surface area contributed by atoms with Crippen LogP contribution in [0.2, 0.25) is 0 Å². The molecule has 0 bridgehead atoms. The minimum atomic E-state index is 0.199. The van der Waals surface area contributed by atoms with Gasteiger partial charge < -0.3 is 10.1 Å². The van der Waals surface area contributed by atoms with Gasteiger partial charge in [-0.05, 0) is 51.0 Å². The van der Waals surface area contributed by atoms with E-state index < -0.39 is 0 Å². The molecule has 0 saturated carbocycles. The minimum Gasteiger partial charge on any atom is -0.496 e. The Bertz CT molecular complexity index is 604. The van der Waals surface area contributed by atoms with E-state index >= 15 is 0 Å². The second-order valence-electron chi connectivity index (χ2n) is 5.43. The van der Waals surface area contributed by atoms with E-state index in [9.17, 15) is 0 Å². The molecule has 2 aromatic rings. The summed E-state index contributed by atoms with van der Waals surface area (Å²) in [5, 5.41) is 3.59. The largest absolute Gasteiger partial charge is 0.496 e. The van der Waals surface area contributed by atoms with Gasteiger partial charge in [0.05, 0.1) is 13.2 Å².